The molecule has 1 aliphatic carbocycles. The van der Waals surface area contributed by atoms with Crippen LogP contribution in [0.5, 0.6) is 0 Å². The third-order valence-electron chi connectivity index (χ3n) is 3.77. The molecule has 0 radical (unpaired) electrons. The quantitative estimate of drug-likeness (QED) is 0.847. The van der Waals surface area contributed by atoms with Crippen molar-refractivity contribution in [3.05, 3.63) is 33.4 Å². The lowest BCUT2D eigenvalue weighted by Crippen LogP contribution is -2.32. The second-order valence-corrected chi connectivity index (χ2v) is 6.47. The summed E-state index contributed by atoms with van der Waals surface area (Å²) in [5.41, 5.74) is 1.40. The van der Waals surface area contributed by atoms with E-state index >= 15 is 0 Å². The van der Waals surface area contributed by atoms with Crippen molar-refractivity contribution in [3.8, 4) is 0 Å². The molecule has 92 valence electrons. The highest BCUT2D eigenvalue weighted by atomic mass is 127. The van der Waals surface area contributed by atoms with Gasteiger partial charge in [0.05, 0.1) is 0 Å². The molecule has 1 unspecified atom stereocenters. The average Bonchev–Trinajstić information content (AvgIpc) is 3.07. The van der Waals surface area contributed by atoms with Gasteiger partial charge in [0.15, 0.2) is 0 Å². The molecule has 2 nitrogen and oxygen atoms in total. The lowest BCUT2D eigenvalue weighted by Gasteiger charge is -2.15. The van der Waals surface area contributed by atoms with Crippen LogP contribution in [0.3, 0.4) is 0 Å². The van der Waals surface area contributed by atoms with Gasteiger partial charge in [-0.05, 0) is 59.5 Å². The molecule has 0 aromatic heterocycles. The first-order chi connectivity index (χ1) is 8.31. The van der Waals surface area contributed by atoms with Crippen LogP contribution < -0.4 is 5.32 Å². The molecule has 0 spiro atoms. The molecule has 1 aromatic carbocycles. The van der Waals surface area contributed by atoms with Gasteiger partial charge in [0, 0.05) is 35.3 Å². The van der Waals surface area contributed by atoms with Crippen LogP contribution in [0.2, 0.25) is 0 Å². The number of rotatable bonds is 4. The second kappa shape index (κ2) is 5.24. The summed E-state index contributed by atoms with van der Waals surface area (Å²) in [5.74, 6) is 0. The van der Waals surface area contributed by atoms with Gasteiger partial charge in [-0.1, -0.05) is 12.1 Å². The van der Waals surface area contributed by atoms with Crippen LogP contribution in [0.15, 0.2) is 24.3 Å². The van der Waals surface area contributed by atoms with Crippen LogP contribution in [0.25, 0.3) is 0 Å². The highest BCUT2D eigenvalue weighted by molar-refractivity contribution is 14.1. The maximum atomic E-state index is 3.69. The molecule has 3 rings (SSSR count). The first-order valence-electron chi connectivity index (χ1n) is 6.53. The Kier molecular flexibility index (Phi) is 3.68. The molecule has 1 saturated carbocycles. The van der Waals surface area contributed by atoms with Crippen molar-refractivity contribution in [1.29, 1.82) is 0 Å². The monoisotopic (exact) mass is 342 g/mol. The van der Waals surface area contributed by atoms with Gasteiger partial charge in [-0.25, -0.2) is 0 Å². The van der Waals surface area contributed by atoms with E-state index in [9.17, 15) is 0 Å². The summed E-state index contributed by atoms with van der Waals surface area (Å²) in [6.07, 6.45) is 4.19. The zero-order valence-electron chi connectivity index (χ0n) is 10.0. The van der Waals surface area contributed by atoms with Crippen molar-refractivity contribution < 1.29 is 0 Å². The lowest BCUT2D eigenvalue weighted by atomic mass is 10.2. The van der Waals surface area contributed by atoms with Crippen molar-refractivity contribution in [3.63, 3.8) is 0 Å². The van der Waals surface area contributed by atoms with Crippen LogP contribution in [-0.2, 0) is 6.54 Å². The molecule has 17 heavy (non-hydrogen) atoms. The van der Waals surface area contributed by atoms with Gasteiger partial charge in [-0.3, -0.25) is 4.90 Å². The zero-order valence-corrected chi connectivity index (χ0v) is 12.2. The van der Waals surface area contributed by atoms with Crippen molar-refractivity contribution in [2.45, 2.75) is 37.9 Å². The van der Waals surface area contributed by atoms with Gasteiger partial charge in [0.2, 0.25) is 0 Å². The molecule has 1 aromatic rings. The summed E-state index contributed by atoms with van der Waals surface area (Å²) in [6, 6.07) is 10.4. The first-order valence-corrected chi connectivity index (χ1v) is 7.61. The molecular weight excluding hydrogens is 323 g/mol. The van der Waals surface area contributed by atoms with E-state index in [1.807, 2.05) is 0 Å². The minimum atomic E-state index is 0.702. The van der Waals surface area contributed by atoms with Crippen molar-refractivity contribution >= 4 is 22.6 Å². The van der Waals surface area contributed by atoms with E-state index in [1.54, 1.807) is 0 Å². The van der Waals surface area contributed by atoms with Crippen LogP contribution in [0.4, 0.5) is 0 Å². The normalized spacial score (nSPS) is 25.4. The van der Waals surface area contributed by atoms with E-state index < -0.39 is 0 Å². The Balaban J connectivity index is 1.48. The molecule has 1 saturated heterocycles. The maximum absolute atomic E-state index is 3.69. The van der Waals surface area contributed by atoms with Crippen LogP contribution in [0.1, 0.15) is 24.8 Å². The van der Waals surface area contributed by atoms with E-state index in [0.29, 0.717) is 6.04 Å². The van der Waals surface area contributed by atoms with Crippen LogP contribution >= 0.6 is 22.6 Å². The molecule has 3 heteroatoms. The predicted octanol–water partition coefficient (Wildman–Crippen LogP) is 2.62. The molecule has 1 heterocycles. The number of nitrogens with one attached hydrogen (secondary N) is 1. The third-order valence-corrected chi connectivity index (χ3v) is 4.44. The van der Waals surface area contributed by atoms with Gasteiger partial charge in [0.25, 0.3) is 0 Å². The summed E-state index contributed by atoms with van der Waals surface area (Å²) in [7, 11) is 0. The molecule has 2 fully saturated rings. The third kappa shape index (κ3) is 3.20. The molecule has 1 N–H and O–H groups in total. The Bertz CT molecular complexity index is 390. The lowest BCUT2D eigenvalue weighted by molar-refractivity contribution is 0.317. The Morgan fingerprint density at radius 2 is 2.18 bits per heavy atom. The van der Waals surface area contributed by atoms with Crippen LogP contribution in [0, 0.1) is 3.57 Å². The predicted molar refractivity (Wildman–Crippen MR) is 79.0 cm³/mol. The summed E-state index contributed by atoms with van der Waals surface area (Å²) < 4.78 is 1.33. The summed E-state index contributed by atoms with van der Waals surface area (Å²) in [5, 5.41) is 3.69. The van der Waals surface area contributed by atoms with E-state index in [1.165, 1.54) is 41.5 Å². The number of halogens is 1. The Morgan fingerprint density at radius 1 is 1.29 bits per heavy atom. The summed E-state index contributed by atoms with van der Waals surface area (Å²) in [6.45, 7) is 3.57. The first kappa shape index (κ1) is 11.9. The minimum absolute atomic E-state index is 0.702. The topological polar surface area (TPSA) is 15.3 Å². The largest absolute Gasteiger partial charge is 0.309 e. The number of hydrogen-bond acceptors (Lipinski definition) is 2. The SMILES string of the molecule is Ic1cccc(CNC2CCN(C3CC3)C2)c1. The number of nitrogens with zero attached hydrogens (tertiary/aromatic N) is 1. The van der Waals surface area contributed by atoms with E-state index in [0.717, 1.165) is 12.6 Å². The van der Waals surface area contributed by atoms with Gasteiger partial charge in [0.1, 0.15) is 0 Å². The average molecular weight is 342 g/mol. The number of benzene rings is 1. The van der Waals surface area contributed by atoms with Crippen molar-refractivity contribution in [2.24, 2.45) is 0 Å². The van der Waals surface area contributed by atoms with E-state index in [4.69, 9.17) is 0 Å². The molecular formula is C14H19IN2. The second-order valence-electron chi connectivity index (χ2n) is 5.22. The maximum Gasteiger partial charge on any atom is 0.0210 e. The molecule has 0 amide bonds. The fourth-order valence-corrected chi connectivity index (χ4v) is 3.24. The molecule has 0 bridgehead atoms. The minimum Gasteiger partial charge on any atom is -0.309 e. The van der Waals surface area contributed by atoms with Crippen LogP contribution in [-0.4, -0.2) is 30.1 Å². The van der Waals surface area contributed by atoms with Crippen molar-refractivity contribution in [2.75, 3.05) is 13.1 Å². The zero-order chi connectivity index (χ0) is 11.7. The fourth-order valence-electron chi connectivity index (χ4n) is 2.63. The highest BCUT2D eigenvalue weighted by Crippen LogP contribution is 2.29. The van der Waals surface area contributed by atoms with Crippen molar-refractivity contribution in [1.82, 2.24) is 10.2 Å². The summed E-state index contributed by atoms with van der Waals surface area (Å²) >= 11 is 2.38. The Morgan fingerprint density at radius 3 is 2.94 bits per heavy atom. The Labute approximate surface area is 117 Å². The standard InChI is InChI=1S/C14H19IN2/c15-12-3-1-2-11(8-12)9-16-13-6-7-17(10-13)14-4-5-14/h1-3,8,13-14,16H,4-7,9-10H2. The van der Waals surface area contributed by atoms with E-state index in [-0.39, 0.29) is 0 Å². The highest BCUT2D eigenvalue weighted by Gasteiger charge is 2.33. The number of likely N-dealkylation sites (tertiary alicyclic amines) is 1. The fraction of sp³-hybridized carbons (Fsp3) is 0.571. The summed E-state index contributed by atoms with van der Waals surface area (Å²) in [4.78, 5) is 2.66. The molecule has 1 aliphatic heterocycles. The molecule has 2 aliphatic rings. The van der Waals surface area contributed by atoms with E-state index in [2.05, 4.69) is 57.1 Å². The molecule has 1 atom stereocenters. The smallest absolute Gasteiger partial charge is 0.0210 e. The van der Waals surface area contributed by atoms with Gasteiger partial charge in [-0.15, -0.1) is 0 Å². The van der Waals surface area contributed by atoms with Gasteiger partial charge in [-0.2, -0.15) is 0 Å². The van der Waals surface area contributed by atoms with Gasteiger partial charge >= 0.3 is 0 Å². The Hall–Kier alpha value is -0.130. The number of hydrogen-bond donors (Lipinski definition) is 1. The van der Waals surface area contributed by atoms with Gasteiger partial charge < -0.3 is 5.32 Å².